The molecule has 2 N–H and O–H groups in total. The van der Waals surface area contributed by atoms with E-state index in [0.717, 1.165) is 16.4 Å². The molecule has 1 heterocycles. The molecular weight excluding hydrogens is 442 g/mol. The largest absolute Gasteiger partial charge is 0.478 e. The summed E-state index contributed by atoms with van der Waals surface area (Å²) in [6.07, 6.45) is -1.42. The van der Waals surface area contributed by atoms with Crippen LogP contribution in [0.15, 0.2) is 53.4 Å². The number of aromatic carboxylic acids is 1. The SMILES string of the molecule is O=C(O)c1ccc(Cl)c(S(=O)(=O)N(Cc2ccccc2)[C@@H]2CS(=O)(=O)C[C@H]2O)c1. The van der Waals surface area contributed by atoms with Gasteiger partial charge in [-0.05, 0) is 23.8 Å². The maximum absolute atomic E-state index is 13.4. The van der Waals surface area contributed by atoms with Gasteiger partial charge in [0.1, 0.15) is 4.90 Å². The first-order valence-corrected chi connectivity index (χ1v) is 12.1. The van der Waals surface area contributed by atoms with Gasteiger partial charge in [0, 0.05) is 6.54 Å². The monoisotopic (exact) mass is 459 g/mol. The quantitative estimate of drug-likeness (QED) is 0.667. The molecule has 11 heteroatoms. The first-order chi connectivity index (χ1) is 13.5. The van der Waals surface area contributed by atoms with E-state index in [0.29, 0.717) is 5.56 Å². The van der Waals surface area contributed by atoms with Gasteiger partial charge < -0.3 is 10.2 Å². The number of hydrogen-bond donors (Lipinski definition) is 2. The predicted octanol–water partition coefficient (Wildman–Crippen LogP) is 1.39. The number of hydrogen-bond acceptors (Lipinski definition) is 6. The second-order valence-corrected chi connectivity index (χ2v) is 11.1. The highest BCUT2D eigenvalue weighted by Crippen LogP contribution is 2.31. The summed E-state index contributed by atoms with van der Waals surface area (Å²) in [6, 6.07) is 10.5. The number of nitrogens with zero attached hydrogens (tertiary/aromatic N) is 1. The lowest BCUT2D eigenvalue weighted by atomic mass is 10.2. The average molecular weight is 460 g/mol. The van der Waals surface area contributed by atoms with E-state index in [1.807, 2.05) is 0 Å². The van der Waals surface area contributed by atoms with Crippen LogP contribution >= 0.6 is 11.6 Å². The molecule has 0 amide bonds. The number of carbonyl (C=O) groups is 1. The Labute approximate surface area is 173 Å². The molecular formula is C18H18ClNO7S2. The Morgan fingerprint density at radius 3 is 2.34 bits per heavy atom. The summed E-state index contributed by atoms with van der Waals surface area (Å²) < 4.78 is 51.7. The van der Waals surface area contributed by atoms with Crippen molar-refractivity contribution in [3.63, 3.8) is 0 Å². The minimum Gasteiger partial charge on any atom is -0.478 e. The van der Waals surface area contributed by atoms with Crippen molar-refractivity contribution in [2.24, 2.45) is 0 Å². The van der Waals surface area contributed by atoms with Gasteiger partial charge in [-0.1, -0.05) is 41.9 Å². The van der Waals surface area contributed by atoms with Crippen molar-refractivity contribution < 1.29 is 31.8 Å². The van der Waals surface area contributed by atoms with Crippen LogP contribution in [0.4, 0.5) is 0 Å². The Balaban J connectivity index is 2.12. The molecule has 8 nitrogen and oxygen atoms in total. The Morgan fingerprint density at radius 2 is 1.79 bits per heavy atom. The number of aliphatic hydroxyl groups excluding tert-OH is 1. The van der Waals surface area contributed by atoms with Crippen LogP contribution in [0.1, 0.15) is 15.9 Å². The van der Waals surface area contributed by atoms with E-state index in [4.69, 9.17) is 11.6 Å². The second kappa shape index (κ2) is 8.04. The fourth-order valence-corrected chi connectivity index (χ4v) is 7.23. The molecule has 1 aliphatic heterocycles. The zero-order valence-corrected chi connectivity index (χ0v) is 17.4. The van der Waals surface area contributed by atoms with E-state index < -0.39 is 54.4 Å². The minimum atomic E-state index is -4.44. The third-order valence-corrected chi connectivity index (χ3v) is 8.66. The van der Waals surface area contributed by atoms with E-state index in [1.54, 1.807) is 30.3 Å². The fraction of sp³-hybridized carbons (Fsp3) is 0.278. The lowest BCUT2D eigenvalue weighted by Crippen LogP contribution is -2.46. The van der Waals surface area contributed by atoms with E-state index in [-0.39, 0.29) is 17.1 Å². The summed E-state index contributed by atoms with van der Waals surface area (Å²) in [5.74, 6) is -2.44. The standard InChI is InChI=1S/C18H18ClNO7S2/c19-14-7-6-13(18(22)23)8-17(14)29(26,27)20(9-12-4-2-1-3-5-12)15-10-28(24,25)11-16(15)21/h1-8,15-16,21H,9-11H2,(H,22,23)/t15-,16-/m1/s1. The molecule has 3 rings (SSSR count). The number of carboxylic acid groups (broad SMARTS) is 1. The molecule has 1 fully saturated rings. The number of benzene rings is 2. The number of halogens is 1. The van der Waals surface area contributed by atoms with Gasteiger partial charge in [0.2, 0.25) is 10.0 Å². The predicted molar refractivity (Wildman–Crippen MR) is 106 cm³/mol. The number of aliphatic hydroxyl groups is 1. The summed E-state index contributed by atoms with van der Waals surface area (Å²) in [5.41, 5.74) is 0.283. The van der Waals surface area contributed by atoms with Crippen LogP contribution in [0.25, 0.3) is 0 Å². The van der Waals surface area contributed by atoms with Gasteiger partial charge in [0.25, 0.3) is 0 Å². The zero-order chi connectivity index (χ0) is 21.4. The molecule has 2 atom stereocenters. The molecule has 2 aromatic carbocycles. The van der Waals surface area contributed by atoms with Crippen LogP contribution in [-0.4, -0.2) is 61.0 Å². The topological polar surface area (TPSA) is 129 Å². The van der Waals surface area contributed by atoms with Crippen LogP contribution in [0.5, 0.6) is 0 Å². The molecule has 0 radical (unpaired) electrons. The van der Waals surface area contributed by atoms with Crippen LogP contribution < -0.4 is 0 Å². The molecule has 156 valence electrons. The van der Waals surface area contributed by atoms with Crippen molar-refractivity contribution in [2.45, 2.75) is 23.6 Å². The summed E-state index contributed by atoms with van der Waals surface area (Å²) in [4.78, 5) is 10.8. The van der Waals surface area contributed by atoms with Crippen molar-refractivity contribution in [3.05, 3.63) is 64.7 Å². The molecule has 2 aromatic rings. The Morgan fingerprint density at radius 1 is 1.14 bits per heavy atom. The lowest BCUT2D eigenvalue weighted by molar-refractivity contribution is 0.0696. The summed E-state index contributed by atoms with van der Waals surface area (Å²) in [5, 5.41) is 19.3. The van der Waals surface area contributed by atoms with Crippen molar-refractivity contribution >= 4 is 37.4 Å². The fourth-order valence-electron chi connectivity index (χ4n) is 3.19. The van der Waals surface area contributed by atoms with Crippen LogP contribution in [0.3, 0.4) is 0 Å². The number of rotatable bonds is 6. The van der Waals surface area contributed by atoms with Gasteiger partial charge in [-0.3, -0.25) is 0 Å². The summed E-state index contributed by atoms with van der Waals surface area (Å²) in [6.45, 7) is -0.214. The van der Waals surface area contributed by atoms with Crippen LogP contribution in [-0.2, 0) is 26.4 Å². The summed E-state index contributed by atoms with van der Waals surface area (Å²) >= 11 is 6.05. The first kappa shape index (κ1) is 21.7. The maximum atomic E-state index is 13.4. The summed E-state index contributed by atoms with van der Waals surface area (Å²) in [7, 11) is -8.08. The van der Waals surface area contributed by atoms with E-state index in [2.05, 4.69) is 0 Å². The highest BCUT2D eigenvalue weighted by molar-refractivity contribution is 7.92. The first-order valence-electron chi connectivity index (χ1n) is 8.48. The van der Waals surface area contributed by atoms with E-state index in [1.165, 1.54) is 6.07 Å². The maximum Gasteiger partial charge on any atom is 0.335 e. The minimum absolute atomic E-state index is 0.205. The van der Waals surface area contributed by atoms with Gasteiger partial charge in [-0.15, -0.1) is 0 Å². The Bertz CT molecular complexity index is 1130. The second-order valence-electron chi connectivity index (χ2n) is 6.70. The molecule has 0 spiro atoms. The van der Waals surface area contributed by atoms with Crippen LogP contribution in [0, 0.1) is 0 Å². The van der Waals surface area contributed by atoms with Crippen molar-refractivity contribution in [3.8, 4) is 0 Å². The van der Waals surface area contributed by atoms with Crippen molar-refractivity contribution in [1.29, 1.82) is 0 Å². The van der Waals surface area contributed by atoms with Gasteiger partial charge in [0.05, 0.1) is 34.2 Å². The third kappa shape index (κ3) is 4.62. The molecule has 0 unspecified atom stereocenters. The number of carboxylic acids is 1. The lowest BCUT2D eigenvalue weighted by Gasteiger charge is -2.30. The van der Waals surface area contributed by atoms with E-state index >= 15 is 0 Å². The molecule has 29 heavy (non-hydrogen) atoms. The smallest absolute Gasteiger partial charge is 0.335 e. The van der Waals surface area contributed by atoms with Gasteiger partial charge in [0.15, 0.2) is 9.84 Å². The molecule has 0 saturated carbocycles. The highest BCUT2D eigenvalue weighted by Gasteiger charge is 2.45. The van der Waals surface area contributed by atoms with Gasteiger partial charge in [-0.25, -0.2) is 21.6 Å². The molecule has 0 aromatic heterocycles. The number of sulfonamides is 1. The Kier molecular flexibility index (Phi) is 6.02. The zero-order valence-electron chi connectivity index (χ0n) is 15.0. The van der Waals surface area contributed by atoms with Gasteiger partial charge in [-0.2, -0.15) is 4.31 Å². The number of sulfone groups is 1. The highest BCUT2D eigenvalue weighted by atomic mass is 35.5. The third-order valence-electron chi connectivity index (χ3n) is 4.61. The molecule has 1 aliphatic rings. The molecule has 0 bridgehead atoms. The Hall–Kier alpha value is -1.98. The van der Waals surface area contributed by atoms with Crippen molar-refractivity contribution in [1.82, 2.24) is 4.31 Å². The molecule has 0 aliphatic carbocycles. The van der Waals surface area contributed by atoms with Crippen molar-refractivity contribution in [2.75, 3.05) is 11.5 Å². The average Bonchev–Trinajstić information content (AvgIpc) is 2.92. The normalized spacial score (nSPS) is 21.3. The van der Waals surface area contributed by atoms with E-state index in [9.17, 15) is 31.8 Å². The van der Waals surface area contributed by atoms with Gasteiger partial charge >= 0.3 is 5.97 Å². The molecule has 1 saturated heterocycles. The van der Waals surface area contributed by atoms with Crippen LogP contribution in [0.2, 0.25) is 5.02 Å².